The monoisotopic (exact) mass is 375 g/mol. The minimum absolute atomic E-state index is 0.0888. The molecular formula is C16H23F2N3O3S. The third kappa shape index (κ3) is 4.96. The zero-order valence-corrected chi connectivity index (χ0v) is 14.9. The number of hydrogen-bond acceptors (Lipinski definition) is 4. The molecule has 0 radical (unpaired) electrons. The van der Waals surface area contributed by atoms with Gasteiger partial charge in [0.15, 0.2) is 0 Å². The first kappa shape index (κ1) is 19.7. The van der Waals surface area contributed by atoms with Gasteiger partial charge in [0.1, 0.15) is 0 Å². The van der Waals surface area contributed by atoms with Crippen LogP contribution in [0.15, 0.2) is 29.2 Å². The van der Waals surface area contributed by atoms with Crippen LogP contribution in [0.3, 0.4) is 0 Å². The van der Waals surface area contributed by atoms with E-state index in [1.807, 2.05) is 0 Å². The molecule has 25 heavy (non-hydrogen) atoms. The van der Waals surface area contributed by atoms with Crippen molar-refractivity contribution in [2.75, 3.05) is 26.2 Å². The van der Waals surface area contributed by atoms with Crippen LogP contribution in [0.25, 0.3) is 0 Å². The summed E-state index contributed by atoms with van der Waals surface area (Å²) in [5.74, 6) is -3.38. The fourth-order valence-electron chi connectivity index (χ4n) is 2.54. The molecule has 1 aliphatic heterocycles. The Balaban J connectivity index is 2.05. The molecule has 0 spiro atoms. The van der Waals surface area contributed by atoms with E-state index in [0.717, 1.165) is 12.8 Å². The quantitative estimate of drug-likeness (QED) is 0.787. The number of rotatable bonds is 6. The van der Waals surface area contributed by atoms with Crippen LogP contribution in [-0.2, 0) is 10.0 Å². The molecule has 1 amide bonds. The van der Waals surface area contributed by atoms with Crippen molar-refractivity contribution in [3.05, 3.63) is 29.8 Å². The molecule has 1 aromatic carbocycles. The van der Waals surface area contributed by atoms with Crippen molar-refractivity contribution < 1.29 is 22.0 Å². The summed E-state index contributed by atoms with van der Waals surface area (Å²) in [6, 6.07) is 5.28. The highest BCUT2D eigenvalue weighted by Gasteiger charge is 2.29. The summed E-state index contributed by atoms with van der Waals surface area (Å²) in [4.78, 5) is 11.9. The molecule has 2 rings (SSSR count). The number of halogens is 2. The van der Waals surface area contributed by atoms with E-state index in [0.29, 0.717) is 19.0 Å². The summed E-state index contributed by atoms with van der Waals surface area (Å²) >= 11 is 0. The lowest BCUT2D eigenvalue weighted by Gasteiger charge is -2.29. The topological polar surface area (TPSA) is 92.5 Å². The maximum absolute atomic E-state index is 13.1. The zero-order valence-electron chi connectivity index (χ0n) is 14.0. The van der Waals surface area contributed by atoms with Gasteiger partial charge in [0.05, 0.1) is 18.0 Å². The van der Waals surface area contributed by atoms with Crippen molar-refractivity contribution in [3.8, 4) is 0 Å². The number of alkyl halides is 2. The summed E-state index contributed by atoms with van der Waals surface area (Å²) < 4.78 is 52.7. The average molecular weight is 375 g/mol. The van der Waals surface area contributed by atoms with E-state index < -0.39 is 34.9 Å². The highest BCUT2D eigenvalue weighted by molar-refractivity contribution is 7.89. The van der Waals surface area contributed by atoms with Gasteiger partial charge < -0.3 is 11.1 Å². The van der Waals surface area contributed by atoms with Gasteiger partial charge >= 0.3 is 0 Å². The minimum Gasteiger partial charge on any atom is -0.346 e. The van der Waals surface area contributed by atoms with E-state index in [2.05, 4.69) is 12.2 Å². The Morgan fingerprint density at radius 1 is 1.28 bits per heavy atom. The second-order valence-electron chi connectivity index (χ2n) is 6.35. The summed E-state index contributed by atoms with van der Waals surface area (Å²) in [5.41, 5.74) is 5.02. The second kappa shape index (κ2) is 7.76. The fourth-order valence-corrected chi connectivity index (χ4v) is 4.01. The van der Waals surface area contributed by atoms with Crippen molar-refractivity contribution in [2.24, 2.45) is 11.7 Å². The van der Waals surface area contributed by atoms with Gasteiger partial charge in [0, 0.05) is 18.7 Å². The van der Waals surface area contributed by atoms with Crippen LogP contribution in [0.2, 0.25) is 0 Å². The number of hydrogen-bond donors (Lipinski definition) is 2. The van der Waals surface area contributed by atoms with Crippen molar-refractivity contribution >= 4 is 15.9 Å². The molecule has 0 saturated carbocycles. The van der Waals surface area contributed by atoms with E-state index in [1.165, 1.54) is 28.6 Å². The first-order valence-electron chi connectivity index (χ1n) is 8.12. The summed E-state index contributed by atoms with van der Waals surface area (Å²) in [7, 11) is -3.60. The van der Waals surface area contributed by atoms with E-state index in [9.17, 15) is 22.0 Å². The van der Waals surface area contributed by atoms with Crippen LogP contribution in [0, 0.1) is 5.92 Å². The number of sulfonamides is 1. The first-order chi connectivity index (χ1) is 11.7. The van der Waals surface area contributed by atoms with Gasteiger partial charge in [-0.05, 0) is 43.0 Å². The summed E-state index contributed by atoms with van der Waals surface area (Å²) in [6.45, 7) is 1.30. The molecule has 0 aliphatic carbocycles. The number of benzene rings is 1. The molecule has 1 aliphatic rings. The molecule has 0 unspecified atom stereocenters. The van der Waals surface area contributed by atoms with Crippen LogP contribution < -0.4 is 11.1 Å². The predicted molar refractivity (Wildman–Crippen MR) is 89.9 cm³/mol. The minimum atomic E-state index is -3.60. The Hall–Kier alpha value is -1.58. The first-order valence-corrected chi connectivity index (χ1v) is 9.56. The maximum atomic E-state index is 13.1. The lowest BCUT2D eigenvalue weighted by atomic mass is 10.0. The Labute approximate surface area is 146 Å². The van der Waals surface area contributed by atoms with E-state index in [-0.39, 0.29) is 10.5 Å². The molecule has 1 saturated heterocycles. The van der Waals surface area contributed by atoms with Gasteiger partial charge in [-0.25, -0.2) is 17.2 Å². The normalized spacial score (nSPS) is 17.4. The standard InChI is InChI=1S/C16H23F2N3O3S/c1-12-6-8-21(9-7-12)25(23,24)14-4-2-13(3-5-14)15(22)20-11-16(17,18)10-19/h2-5,12H,6-11,19H2,1H3,(H,20,22). The number of nitrogens with zero attached hydrogens (tertiary/aromatic N) is 1. The second-order valence-corrected chi connectivity index (χ2v) is 8.29. The molecule has 9 heteroatoms. The fraction of sp³-hybridized carbons (Fsp3) is 0.562. The molecular weight excluding hydrogens is 352 g/mol. The highest BCUT2D eigenvalue weighted by atomic mass is 32.2. The van der Waals surface area contributed by atoms with Gasteiger partial charge in [-0.3, -0.25) is 4.79 Å². The van der Waals surface area contributed by atoms with Gasteiger partial charge in [-0.15, -0.1) is 0 Å². The molecule has 6 nitrogen and oxygen atoms in total. The smallest absolute Gasteiger partial charge is 0.277 e. The third-order valence-electron chi connectivity index (χ3n) is 4.30. The molecule has 0 aromatic heterocycles. The SMILES string of the molecule is CC1CCN(S(=O)(=O)c2ccc(C(=O)NCC(F)(F)CN)cc2)CC1. The van der Waals surface area contributed by atoms with Gasteiger partial charge in [0.2, 0.25) is 10.0 Å². The zero-order chi connectivity index (χ0) is 18.7. The Bertz CT molecular complexity index is 700. The number of piperidine rings is 1. The number of carbonyl (C=O) groups is 1. The molecule has 0 atom stereocenters. The van der Waals surface area contributed by atoms with Crippen molar-refractivity contribution in [3.63, 3.8) is 0 Å². The molecule has 1 fully saturated rings. The Morgan fingerprint density at radius 3 is 2.36 bits per heavy atom. The lowest BCUT2D eigenvalue weighted by Crippen LogP contribution is -2.41. The largest absolute Gasteiger partial charge is 0.346 e. The number of carbonyl (C=O) groups excluding carboxylic acids is 1. The molecule has 3 N–H and O–H groups in total. The summed E-state index contributed by atoms with van der Waals surface area (Å²) in [5, 5.41) is 2.09. The van der Waals surface area contributed by atoms with Crippen molar-refractivity contribution in [1.82, 2.24) is 9.62 Å². The van der Waals surface area contributed by atoms with E-state index in [1.54, 1.807) is 0 Å². The lowest BCUT2D eigenvalue weighted by molar-refractivity contribution is 0.0118. The van der Waals surface area contributed by atoms with Crippen LogP contribution in [0.5, 0.6) is 0 Å². The molecule has 0 bridgehead atoms. The number of amides is 1. The van der Waals surface area contributed by atoms with E-state index in [4.69, 9.17) is 5.73 Å². The third-order valence-corrected chi connectivity index (χ3v) is 6.22. The van der Waals surface area contributed by atoms with Crippen LogP contribution >= 0.6 is 0 Å². The van der Waals surface area contributed by atoms with Crippen LogP contribution in [0.1, 0.15) is 30.1 Å². The van der Waals surface area contributed by atoms with Gasteiger partial charge in [-0.1, -0.05) is 6.92 Å². The van der Waals surface area contributed by atoms with E-state index >= 15 is 0 Å². The highest BCUT2D eigenvalue weighted by Crippen LogP contribution is 2.23. The molecule has 140 valence electrons. The van der Waals surface area contributed by atoms with Crippen molar-refractivity contribution in [1.29, 1.82) is 0 Å². The maximum Gasteiger partial charge on any atom is 0.277 e. The Kier molecular flexibility index (Phi) is 6.12. The molecule has 1 aromatic rings. The Morgan fingerprint density at radius 2 is 1.84 bits per heavy atom. The van der Waals surface area contributed by atoms with Crippen molar-refractivity contribution in [2.45, 2.75) is 30.6 Å². The summed E-state index contributed by atoms with van der Waals surface area (Å²) in [6.07, 6.45) is 1.63. The molecule has 1 heterocycles. The van der Waals surface area contributed by atoms with Crippen LogP contribution in [-0.4, -0.2) is 50.7 Å². The number of nitrogens with two attached hydrogens (primary N) is 1. The average Bonchev–Trinajstić information content (AvgIpc) is 2.60. The number of nitrogens with one attached hydrogen (secondary N) is 1. The van der Waals surface area contributed by atoms with Gasteiger partial charge in [-0.2, -0.15) is 4.31 Å². The predicted octanol–water partition coefficient (Wildman–Crippen LogP) is 1.43. The van der Waals surface area contributed by atoms with Gasteiger partial charge in [0.25, 0.3) is 11.8 Å². The van der Waals surface area contributed by atoms with Crippen LogP contribution in [0.4, 0.5) is 8.78 Å².